The van der Waals surface area contributed by atoms with Crippen molar-refractivity contribution in [2.75, 3.05) is 5.32 Å². The molecule has 112 valence electrons. The molecule has 21 heavy (non-hydrogen) atoms. The summed E-state index contributed by atoms with van der Waals surface area (Å²) in [6, 6.07) is 2.43. The van der Waals surface area contributed by atoms with Crippen LogP contribution >= 0.6 is 11.3 Å². The summed E-state index contributed by atoms with van der Waals surface area (Å²) in [5, 5.41) is 14.3. The Hall–Kier alpha value is -2.22. The predicted molar refractivity (Wildman–Crippen MR) is 78.2 cm³/mol. The maximum Gasteiger partial charge on any atom is 0.287 e. The average molecular weight is 308 g/mol. The topological polar surface area (TPSA) is 97.1 Å². The van der Waals surface area contributed by atoms with E-state index in [0.29, 0.717) is 5.13 Å². The van der Waals surface area contributed by atoms with E-state index < -0.39 is 11.9 Å². The molecule has 8 heteroatoms. The van der Waals surface area contributed by atoms with Crippen LogP contribution in [0.1, 0.15) is 35.8 Å². The van der Waals surface area contributed by atoms with Crippen LogP contribution in [0.4, 0.5) is 5.13 Å². The molecule has 1 unspecified atom stereocenters. The highest BCUT2D eigenvalue weighted by atomic mass is 32.1. The smallest absolute Gasteiger partial charge is 0.287 e. The Morgan fingerprint density at radius 2 is 2.24 bits per heavy atom. The van der Waals surface area contributed by atoms with Gasteiger partial charge in [-0.2, -0.15) is 0 Å². The maximum atomic E-state index is 12.0. The first kappa shape index (κ1) is 15.2. The number of amides is 2. The normalized spacial score (nSPS) is 11.9. The Balaban J connectivity index is 1.88. The van der Waals surface area contributed by atoms with Crippen molar-refractivity contribution in [1.29, 1.82) is 0 Å². The minimum Gasteiger partial charge on any atom is -0.459 e. The van der Waals surface area contributed by atoms with E-state index in [4.69, 9.17) is 4.42 Å². The molecule has 0 aliphatic carbocycles. The van der Waals surface area contributed by atoms with Crippen LogP contribution in [0.25, 0.3) is 0 Å². The van der Waals surface area contributed by atoms with Gasteiger partial charge in [-0.3, -0.25) is 14.9 Å². The lowest BCUT2D eigenvalue weighted by atomic mass is 10.3. The predicted octanol–water partition coefficient (Wildman–Crippen LogP) is 1.84. The van der Waals surface area contributed by atoms with E-state index in [1.54, 1.807) is 13.0 Å². The maximum absolute atomic E-state index is 12.0. The van der Waals surface area contributed by atoms with Crippen LogP contribution in [-0.4, -0.2) is 28.1 Å². The van der Waals surface area contributed by atoms with E-state index in [2.05, 4.69) is 20.8 Å². The minimum atomic E-state index is -0.707. The van der Waals surface area contributed by atoms with Crippen LogP contribution in [0.2, 0.25) is 0 Å². The highest BCUT2D eigenvalue weighted by Crippen LogP contribution is 2.16. The zero-order valence-corrected chi connectivity index (χ0v) is 12.6. The van der Waals surface area contributed by atoms with Gasteiger partial charge in [0.05, 0.1) is 6.26 Å². The Kier molecular flexibility index (Phi) is 5.04. The second kappa shape index (κ2) is 6.98. The van der Waals surface area contributed by atoms with Gasteiger partial charge in [-0.15, -0.1) is 10.2 Å². The summed E-state index contributed by atoms with van der Waals surface area (Å²) in [7, 11) is 0. The van der Waals surface area contributed by atoms with Gasteiger partial charge in [0, 0.05) is 6.42 Å². The van der Waals surface area contributed by atoms with Crippen LogP contribution in [0.5, 0.6) is 0 Å². The van der Waals surface area contributed by atoms with Crippen molar-refractivity contribution < 1.29 is 14.0 Å². The number of furan rings is 1. The van der Waals surface area contributed by atoms with Crippen molar-refractivity contribution in [3.8, 4) is 0 Å². The molecule has 0 aromatic carbocycles. The quantitative estimate of drug-likeness (QED) is 0.848. The number of nitrogens with one attached hydrogen (secondary N) is 2. The van der Waals surface area contributed by atoms with E-state index in [1.807, 2.05) is 6.92 Å². The number of nitrogens with zero attached hydrogens (tertiary/aromatic N) is 2. The zero-order chi connectivity index (χ0) is 15.2. The lowest BCUT2D eigenvalue weighted by molar-refractivity contribution is -0.117. The fourth-order valence-electron chi connectivity index (χ4n) is 1.57. The van der Waals surface area contributed by atoms with E-state index >= 15 is 0 Å². The largest absolute Gasteiger partial charge is 0.459 e. The summed E-state index contributed by atoms with van der Waals surface area (Å²) in [6.07, 6.45) is 3.20. The molecular formula is C13H16N4O3S. The third-order valence-corrected chi connectivity index (χ3v) is 3.55. The molecule has 2 heterocycles. The number of aromatic nitrogens is 2. The molecule has 1 atom stereocenters. The van der Waals surface area contributed by atoms with Gasteiger partial charge in [0.2, 0.25) is 11.0 Å². The highest BCUT2D eigenvalue weighted by molar-refractivity contribution is 7.15. The van der Waals surface area contributed by atoms with Gasteiger partial charge in [-0.25, -0.2) is 0 Å². The number of hydrogen-bond donors (Lipinski definition) is 2. The molecule has 2 rings (SSSR count). The van der Waals surface area contributed by atoms with Crippen LogP contribution in [0.3, 0.4) is 0 Å². The minimum absolute atomic E-state index is 0.163. The van der Waals surface area contributed by atoms with Crippen molar-refractivity contribution in [3.05, 3.63) is 29.2 Å². The van der Waals surface area contributed by atoms with Gasteiger partial charge >= 0.3 is 0 Å². The summed E-state index contributed by atoms with van der Waals surface area (Å²) in [4.78, 5) is 23.7. The van der Waals surface area contributed by atoms with Crippen molar-refractivity contribution in [1.82, 2.24) is 15.5 Å². The molecule has 0 saturated carbocycles. The summed E-state index contributed by atoms with van der Waals surface area (Å²) in [5.74, 6) is -0.628. The lowest BCUT2D eigenvalue weighted by Crippen LogP contribution is -2.41. The lowest BCUT2D eigenvalue weighted by Gasteiger charge is -2.11. The summed E-state index contributed by atoms with van der Waals surface area (Å²) in [6.45, 7) is 3.63. The van der Waals surface area contributed by atoms with E-state index in [9.17, 15) is 9.59 Å². The van der Waals surface area contributed by atoms with Crippen molar-refractivity contribution >= 4 is 28.3 Å². The molecule has 2 aromatic rings. The third-order valence-electron chi connectivity index (χ3n) is 2.65. The average Bonchev–Trinajstić information content (AvgIpc) is 3.10. The SMILES string of the molecule is CCCc1nnc(NC(=O)C(C)NC(=O)c2ccco2)s1. The summed E-state index contributed by atoms with van der Waals surface area (Å²) < 4.78 is 4.96. The standard InChI is InChI=1S/C13H16N4O3S/c1-3-5-10-16-17-13(21-10)15-11(18)8(2)14-12(19)9-6-4-7-20-9/h4,6-8H,3,5H2,1-2H3,(H,14,19)(H,15,17,18). The first-order valence-electron chi connectivity index (χ1n) is 6.57. The highest BCUT2D eigenvalue weighted by Gasteiger charge is 2.19. The molecule has 0 aliphatic heterocycles. The number of aryl methyl sites for hydroxylation is 1. The second-order valence-corrected chi connectivity index (χ2v) is 5.47. The molecule has 7 nitrogen and oxygen atoms in total. The van der Waals surface area contributed by atoms with E-state index in [0.717, 1.165) is 17.8 Å². The molecule has 2 amide bonds. The first-order chi connectivity index (χ1) is 10.1. The number of carbonyl (C=O) groups excluding carboxylic acids is 2. The Labute approximate surface area is 125 Å². The monoisotopic (exact) mass is 308 g/mol. The molecule has 0 aliphatic rings. The molecule has 0 bridgehead atoms. The van der Waals surface area contributed by atoms with Crippen LogP contribution in [-0.2, 0) is 11.2 Å². The molecule has 0 spiro atoms. The van der Waals surface area contributed by atoms with Gasteiger partial charge < -0.3 is 9.73 Å². The van der Waals surface area contributed by atoms with Crippen molar-refractivity contribution in [3.63, 3.8) is 0 Å². The third kappa shape index (κ3) is 4.12. The van der Waals surface area contributed by atoms with Gasteiger partial charge in [-0.05, 0) is 25.5 Å². The molecule has 2 N–H and O–H groups in total. The van der Waals surface area contributed by atoms with Crippen molar-refractivity contribution in [2.45, 2.75) is 32.7 Å². The van der Waals surface area contributed by atoms with E-state index in [1.165, 1.54) is 23.7 Å². The number of rotatable bonds is 6. The summed E-state index contributed by atoms with van der Waals surface area (Å²) in [5.41, 5.74) is 0. The van der Waals surface area contributed by atoms with Crippen LogP contribution < -0.4 is 10.6 Å². The Bertz CT molecular complexity index is 609. The van der Waals surface area contributed by atoms with Crippen LogP contribution in [0.15, 0.2) is 22.8 Å². The van der Waals surface area contributed by atoms with Crippen molar-refractivity contribution in [2.24, 2.45) is 0 Å². The van der Waals surface area contributed by atoms with Gasteiger partial charge in [0.15, 0.2) is 5.76 Å². The van der Waals surface area contributed by atoms with Crippen LogP contribution in [0, 0.1) is 0 Å². The second-order valence-electron chi connectivity index (χ2n) is 4.41. The van der Waals surface area contributed by atoms with E-state index in [-0.39, 0.29) is 11.7 Å². The molecule has 0 saturated heterocycles. The van der Waals surface area contributed by atoms with Gasteiger partial charge in [-0.1, -0.05) is 18.3 Å². The number of carbonyl (C=O) groups is 2. The first-order valence-corrected chi connectivity index (χ1v) is 7.39. The fourth-order valence-corrected chi connectivity index (χ4v) is 2.42. The number of hydrogen-bond acceptors (Lipinski definition) is 6. The summed E-state index contributed by atoms with van der Waals surface area (Å²) >= 11 is 1.33. The molecular weight excluding hydrogens is 292 g/mol. The fraction of sp³-hybridized carbons (Fsp3) is 0.385. The Morgan fingerprint density at radius 1 is 1.43 bits per heavy atom. The molecule has 2 aromatic heterocycles. The zero-order valence-electron chi connectivity index (χ0n) is 11.8. The van der Waals surface area contributed by atoms with Gasteiger partial charge in [0.1, 0.15) is 11.0 Å². The van der Waals surface area contributed by atoms with Gasteiger partial charge in [0.25, 0.3) is 5.91 Å². The number of anilines is 1. The molecule has 0 radical (unpaired) electrons. The Morgan fingerprint density at radius 3 is 2.90 bits per heavy atom. The molecule has 0 fully saturated rings.